The third-order valence-electron chi connectivity index (χ3n) is 4.83. The lowest BCUT2D eigenvalue weighted by molar-refractivity contribution is 0.174. The van der Waals surface area contributed by atoms with Crippen molar-refractivity contribution in [2.75, 3.05) is 6.79 Å². The van der Waals surface area contributed by atoms with Crippen molar-refractivity contribution in [3.05, 3.63) is 65.0 Å². The van der Waals surface area contributed by atoms with Gasteiger partial charge in [0.05, 0.1) is 17.2 Å². The van der Waals surface area contributed by atoms with Crippen LogP contribution in [0.4, 0.5) is 0 Å². The van der Waals surface area contributed by atoms with E-state index in [2.05, 4.69) is 16.3 Å². The molecule has 138 valence electrons. The molecular weight excluding hydrogens is 360 g/mol. The highest BCUT2D eigenvalue weighted by Gasteiger charge is 2.35. The molecule has 3 aromatic rings. The highest BCUT2D eigenvalue weighted by Crippen LogP contribution is 2.47. The zero-order valence-electron chi connectivity index (χ0n) is 14.5. The van der Waals surface area contributed by atoms with Gasteiger partial charge in [0.1, 0.15) is 17.4 Å². The van der Waals surface area contributed by atoms with Gasteiger partial charge in [0.2, 0.25) is 18.6 Å². The first kappa shape index (κ1) is 16.1. The molecule has 0 spiro atoms. The van der Waals surface area contributed by atoms with Gasteiger partial charge in [-0.25, -0.2) is 0 Å². The van der Waals surface area contributed by atoms with Gasteiger partial charge < -0.3 is 25.1 Å². The number of rotatable bonds is 2. The molecule has 0 bridgehead atoms. The van der Waals surface area contributed by atoms with E-state index in [1.54, 1.807) is 24.3 Å². The van der Waals surface area contributed by atoms with Crippen LogP contribution in [0.2, 0.25) is 0 Å². The van der Waals surface area contributed by atoms with Crippen LogP contribution in [0.1, 0.15) is 17.0 Å². The number of H-pyrrole nitrogens is 1. The minimum Gasteiger partial charge on any atom is -0.508 e. The van der Waals surface area contributed by atoms with Crippen molar-refractivity contribution in [1.29, 1.82) is 5.26 Å². The van der Waals surface area contributed by atoms with Gasteiger partial charge in [-0.3, -0.25) is 5.10 Å². The number of fused-ring (bicyclic) bond motifs is 2. The van der Waals surface area contributed by atoms with E-state index in [0.29, 0.717) is 28.6 Å². The Balaban J connectivity index is 1.70. The first-order valence-corrected chi connectivity index (χ1v) is 8.50. The number of hydrogen-bond acceptors (Lipinski definition) is 7. The maximum absolute atomic E-state index is 9.71. The Morgan fingerprint density at radius 3 is 2.71 bits per heavy atom. The van der Waals surface area contributed by atoms with Gasteiger partial charge in [-0.2, -0.15) is 5.26 Å². The van der Waals surface area contributed by atoms with Crippen molar-refractivity contribution in [3.8, 4) is 40.5 Å². The number of nitriles is 1. The molecule has 1 unspecified atom stereocenters. The van der Waals surface area contributed by atoms with Crippen LogP contribution in [0.15, 0.2) is 53.9 Å². The molecule has 0 fully saturated rings. The average molecular weight is 374 g/mol. The molecule has 0 radical (unpaired) electrons. The van der Waals surface area contributed by atoms with Gasteiger partial charge >= 0.3 is 0 Å². The molecule has 0 aliphatic carbocycles. The molecule has 1 aromatic heterocycles. The molecule has 0 saturated carbocycles. The molecular formula is C20H14N4O4. The number of nitrogens with two attached hydrogens (primary N) is 1. The topological polar surface area (TPSA) is 126 Å². The molecule has 8 nitrogen and oxygen atoms in total. The molecule has 8 heteroatoms. The van der Waals surface area contributed by atoms with E-state index in [9.17, 15) is 10.4 Å². The molecule has 2 aromatic carbocycles. The van der Waals surface area contributed by atoms with Gasteiger partial charge in [0, 0.05) is 5.56 Å². The van der Waals surface area contributed by atoms with Crippen LogP contribution in [0.25, 0.3) is 11.3 Å². The van der Waals surface area contributed by atoms with E-state index in [1.165, 1.54) is 0 Å². The highest BCUT2D eigenvalue weighted by molar-refractivity contribution is 5.73. The van der Waals surface area contributed by atoms with E-state index in [0.717, 1.165) is 11.1 Å². The number of phenolic OH excluding ortho intramolecular Hbond substituents is 1. The maximum Gasteiger partial charge on any atom is 0.244 e. The summed E-state index contributed by atoms with van der Waals surface area (Å²) in [6.45, 7) is 0.178. The van der Waals surface area contributed by atoms with Crippen LogP contribution < -0.4 is 19.9 Å². The van der Waals surface area contributed by atoms with E-state index >= 15 is 0 Å². The largest absolute Gasteiger partial charge is 0.508 e. The van der Waals surface area contributed by atoms with Crippen molar-refractivity contribution in [2.45, 2.75) is 5.92 Å². The smallest absolute Gasteiger partial charge is 0.244 e. The minimum atomic E-state index is -0.492. The molecule has 3 heterocycles. The van der Waals surface area contributed by atoms with Gasteiger partial charge in [-0.05, 0) is 35.9 Å². The van der Waals surface area contributed by atoms with Crippen molar-refractivity contribution in [3.63, 3.8) is 0 Å². The normalized spacial score (nSPS) is 17.0. The number of aromatic hydroxyl groups is 1. The average Bonchev–Trinajstić information content (AvgIpc) is 3.33. The summed E-state index contributed by atoms with van der Waals surface area (Å²) in [6.07, 6.45) is 0. The van der Waals surface area contributed by atoms with Gasteiger partial charge in [-0.1, -0.05) is 12.1 Å². The standard InChI is InChI=1S/C20H14N4O4/c21-8-13-16(10-1-4-12(25)5-2-10)17-18(23-24-20(17)28-19(13)22)11-3-6-14-15(7-11)27-9-26-14/h1-7,16,25H,9,22H2,(H,23,24). The summed E-state index contributed by atoms with van der Waals surface area (Å²) in [5.41, 5.74) is 9.23. The number of ether oxygens (including phenoxy) is 3. The van der Waals surface area contributed by atoms with Crippen molar-refractivity contribution in [2.24, 2.45) is 5.73 Å². The summed E-state index contributed by atoms with van der Waals surface area (Å²) >= 11 is 0. The van der Waals surface area contributed by atoms with Gasteiger partial charge in [0.25, 0.3) is 0 Å². The Labute approximate surface area is 159 Å². The predicted octanol–water partition coefficient (Wildman–Crippen LogP) is 2.73. The van der Waals surface area contributed by atoms with E-state index < -0.39 is 5.92 Å². The number of benzene rings is 2. The molecule has 5 rings (SSSR count). The number of aromatic amines is 1. The summed E-state index contributed by atoms with van der Waals surface area (Å²) in [5, 5.41) is 26.6. The number of aromatic nitrogens is 2. The summed E-state index contributed by atoms with van der Waals surface area (Å²) in [4.78, 5) is 0. The zero-order valence-corrected chi connectivity index (χ0v) is 14.5. The number of allylic oxidation sites excluding steroid dienone is 1. The van der Waals surface area contributed by atoms with Crippen LogP contribution in [-0.2, 0) is 0 Å². The lowest BCUT2D eigenvalue weighted by Gasteiger charge is -2.24. The summed E-state index contributed by atoms with van der Waals surface area (Å²) in [7, 11) is 0. The second-order valence-electron chi connectivity index (χ2n) is 6.40. The molecule has 28 heavy (non-hydrogen) atoms. The first-order valence-electron chi connectivity index (χ1n) is 8.50. The Morgan fingerprint density at radius 2 is 1.93 bits per heavy atom. The van der Waals surface area contributed by atoms with Crippen LogP contribution >= 0.6 is 0 Å². The minimum absolute atomic E-state index is 0.0109. The second kappa shape index (κ2) is 5.96. The van der Waals surface area contributed by atoms with Crippen LogP contribution in [-0.4, -0.2) is 22.1 Å². The number of nitrogens with one attached hydrogen (secondary N) is 1. The van der Waals surface area contributed by atoms with Crippen LogP contribution in [0.5, 0.6) is 23.1 Å². The maximum atomic E-state index is 9.71. The summed E-state index contributed by atoms with van der Waals surface area (Å²) in [6, 6.07) is 14.3. The third-order valence-corrected chi connectivity index (χ3v) is 4.83. The monoisotopic (exact) mass is 374 g/mol. The molecule has 0 amide bonds. The molecule has 2 aliphatic heterocycles. The molecule has 0 saturated heterocycles. The second-order valence-corrected chi connectivity index (χ2v) is 6.40. The van der Waals surface area contributed by atoms with Crippen LogP contribution in [0.3, 0.4) is 0 Å². The number of phenols is 1. The highest BCUT2D eigenvalue weighted by atomic mass is 16.7. The molecule has 1 atom stereocenters. The Hall–Kier alpha value is -4.12. The quantitative estimate of drug-likeness (QED) is 0.629. The van der Waals surface area contributed by atoms with Gasteiger partial charge in [0.15, 0.2) is 11.5 Å². The van der Waals surface area contributed by atoms with E-state index in [1.807, 2.05) is 18.2 Å². The Kier molecular flexibility index (Phi) is 3.42. The third kappa shape index (κ3) is 2.34. The lowest BCUT2D eigenvalue weighted by Crippen LogP contribution is -2.20. The van der Waals surface area contributed by atoms with Gasteiger partial charge in [-0.15, -0.1) is 5.10 Å². The van der Waals surface area contributed by atoms with Crippen molar-refractivity contribution >= 4 is 0 Å². The number of nitrogens with zero attached hydrogens (tertiary/aromatic N) is 2. The predicted molar refractivity (Wildman–Crippen MR) is 97.6 cm³/mol. The summed E-state index contributed by atoms with van der Waals surface area (Å²) in [5.74, 6) is 1.27. The fraction of sp³-hybridized carbons (Fsp3) is 0.100. The van der Waals surface area contributed by atoms with E-state index in [4.69, 9.17) is 19.9 Å². The fourth-order valence-corrected chi connectivity index (χ4v) is 3.52. The summed E-state index contributed by atoms with van der Waals surface area (Å²) < 4.78 is 16.4. The Bertz CT molecular complexity index is 1160. The zero-order chi connectivity index (χ0) is 19.3. The fourth-order valence-electron chi connectivity index (χ4n) is 3.52. The van der Waals surface area contributed by atoms with E-state index in [-0.39, 0.29) is 24.0 Å². The molecule has 2 aliphatic rings. The number of hydrogen-bond donors (Lipinski definition) is 3. The lowest BCUT2D eigenvalue weighted by atomic mass is 9.83. The first-order chi connectivity index (χ1) is 13.7. The SMILES string of the molecule is N#CC1=C(N)Oc2n[nH]c(-c3ccc4c(c3)OCO4)c2C1c1ccc(O)cc1. The van der Waals surface area contributed by atoms with Crippen LogP contribution in [0, 0.1) is 11.3 Å². The molecule has 4 N–H and O–H groups in total. The van der Waals surface area contributed by atoms with Crippen molar-refractivity contribution < 1.29 is 19.3 Å². The van der Waals surface area contributed by atoms with Crippen molar-refractivity contribution in [1.82, 2.24) is 10.2 Å². The Morgan fingerprint density at radius 1 is 1.14 bits per heavy atom.